The lowest BCUT2D eigenvalue weighted by molar-refractivity contribution is 0.399. The second-order valence-electron chi connectivity index (χ2n) is 4.24. The van der Waals surface area contributed by atoms with Crippen LogP contribution in [-0.2, 0) is 6.42 Å². The molecule has 0 aliphatic heterocycles. The molecule has 0 heterocycles. The van der Waals surface area contributed by atoms with Crippen LogP contribution in [0.4, 0.5) is 0 Å². The normalized spacial score (nSPS) is 10.9. The van der Waals surface area contributed by atoms with E-state index in [2.05, 4.69) is 63.7 Å². The first kappa shape index (κ1) is 16.9. The van der Waals surface area contributed by atoms with E-state index in [0.29, 0.717) is 35.4 Å². The first-order valence-corrected chi connectivity index (χ1v) is 8.68. The van der Waals surface area contributed by atoms with Crippen molar-refractivity contribution in [3.05, 3.63) is 41.2 Å². The molecule has 112 valence electrons. The molecule has 2 aromatic carbocycles. The van der Waals surface area contributed by atoms with Gasteiger partial charge in [0, 0.05) is 15.4 Å². The van der Waals surface area contributed by atoms with E-state index in [9.17, 15) is 20.4 Å². The highest BCUT2D eigenvalue weighted by Gasteiger charge is 2.18. The van der Waals surface area contributed by atoms with Gasteiger partial charge in [-0.1, -0.05) is 0 Å². The SMILES string of the molecule is Oc1cc(Cc2cc(O)c(O)c(Br)c2Br)c(Br)c(Br)c1O. The molecule has 0 spiro atoms. The molecule has 0 fully saturated rings. The van der Waals surface area contributed by atoms with Gasteiger partial charge >= 0.3 is 0 Å². The summed E-state index contributed by atoms with van der Waals surface area (Å²) in [4.78, 5) is 0. The lowest BCUT2D eigenvalue weighted by Crippen LogP contribution is -1.94. The molecule has 0 radical (unpaired) electrons. The molecule has 0 saturated carbocycles. The molecule has 0 aliphatic carbocycles. The summed E-state index contributed by atoms with van der Waals surface area (Å²) in [5.74, 6) is -1.00. The fourth-order valence-corrected chi connectivity index (χ4v) is 3.57. The molecule has 21 heavy (non-hydrogen) atoms. The molecule has 0 amide bonds. The van der Waals surface area contributed by atoms with Crippen molar-refractivity contribution in [2.75, 3.05) is 0 Å². The predicted molar refractivity (Wildman–Crippen MR) is 93.1 cm³/mol. The van der Waals surface area contributed by atoms with Gasteiger partial charge in [-0.05, 0) is 87.0 Å². The molecule has 8 heteroatoms. The Kier molecular flexibility index (Phi) is 5.12. The second kappa shape index (κ2) is 6.36. The zero-order chi connectivity index (χ0) is 15.9. The zero-order valence-corrected chi connectivity index (χ0v) is 16.5. The third kappa shape index (κ3) is 3.18. The Labute approximate surface area is 154 Å². The first-order chi connectivity index (χ1) is 9.73. The minimum Gasteiger partial charge on any atom is -0.504 e. The van der Waals surface area contributed by atoms with Crippen LogP contribution in [0.3, 0.4) is 0 Å². The minimum absolute atomic E-state index is 0.251. The summed E-state index contributed by atoms with van der Waals surface area (Å²) in [6, 6.07) is 2.85. The maximum Gasteiger partial charge on any atom is 0.173 e. The maximum absolute atomic E-state index is 9.69. The van der Waals surface area contributed by atoms with Crippen LogP contribution in [0.1, 0.15) is 11.1 Å². The lowest BCUT2D eigenvalue weighted by atomic mass is 10.0. The van der Waals surface area contributed by atoms with Gasteiger partial charge < -0.3 is 20.4 Å². The number of hydrogen-bond donors (Lipinski definition) is 4. The van der Waals surface area contributed by atoms with Gasteiger partial charge in [0.2, 0.25) is 0 Å². The first-order valence-electron chi connectivity index (χ1n) is 5.51. The van der Waals surface area contributed by atoms with Crippen LogP contribution < -0.4 is 0 Å². The highest BCUT2D eigenvalue weighted by atomic mass is 79.9. The third-order valence-electron chi connectivity index (χ3n) is 2.85. The standard InChI is InChI=1S/C13H8Br4O4/c14-8-4(2-6(18)12(20)10(8)16)1-5-3-7(19)13(21)11(17)9(5)15/h2-3,18-21H,1H2. The molecular weight excluding hydrogens is 540 g/mol. The predicted octanol–water partition coefficient (Wildman–Crippen LogP) is 5.15. The number of phenols is 4. The van der Waals surface area contributed by atoms with Crippen molar-refractivity contribution in [1.29, 1.82) is 0 Å². The van der Waals surface area contributed by atoms with Gasteiger partial charge in [-0.2, -0.15) is 0 Å². The highest BCUT2D eigenvalue weighted by Crippen LogP contribution is 2.45. The molecule has 0 unspecified atom stereocenters. The number of benzene rings is 2. The molecule has 0 aliphatic rings. The van der Waals surface area contributed by atoms with Gasteiger partial charge in [-0.15, -0.1) is 0 Å². The number of aromatic hydroxyl groups is 4. The molecule has 0 atom stereocenters. The quantitative estimate of drug-likeness (QED) is 0.392. The van der Waals surface area contributed by atoms with Crippen LogP contribution in [0.2, 0.25) is 0 Å². The Bertz CT molecular complexity index is 670. The molecule has 0 aromatic heterocycles. The van der Waals surface area contributed by atoms with E-state index in [-0.39, 0.29) is 23.0 Å². The fraction of sp³-hybridized carbons (Fsp3) is 0.0769. The molecule has 4 nitrogen and oxygen atoms in total. The fourth-order valence-electron chi connectivity index (χ4n) is 1.77. The molecule has 2 aromatic rings. The van der Waals surface area contributed by atoms with Crippen LogP contribution >= 0.6 is 63.7 Å². The summed E-state index contributed by atoms with van der Waals surface area (Å²) in [7, 11) is 0. The number of rotatable bonds is 2. The largest absolute Gasteiger partial charge is 0.504 e. The van der Waals surface area contributed by atoms with Crippen molar-refractivity contribution in [3.63, 3.8) is 0 Å². The average molecular weight is 548 g/mol. The Balaban J connectivity index is 2.54. The van der Waals surface area contributed by atoms with E-state index < -0.39 is 0 Å². The van der Waals surface area contributed by atoms with Crippen molar-refractivity contribution >= 4 is 63.7 Å². The third-order valence-corrected chi connectivity index (χ3v) is 7.27. The Hall–Kier alpha value is -0.440. The van der Waals surface area contributed by atoms with Crippen LogP contribution in [0, 0.1) is 0 Å². The van der Waals surface area contributed by atoms with Crippen molar-refractivity contribution in [1.82, 2.24) is 0 Å². The van der Waals surface area contributed by atoms with E-state index in [1.165, 1.54) is 12.1 Å². The minimum atomic E-state index is -0.252. The summed E-state index contributed by atoms with van der Waals surface area (Å²) in [5, 5.41) is 38.7. The van der Waals surface area contributed by atoms with Crippen LogP contribution in [0.5, 0.6) is 23.0 Å². The van der Waals surface area contributed by atoms with E-state index in [1.54, 1.807) is 0 Å². The summed E-state index contributed by atoms with van der Waals surface area (Å²) in [5.41, 5.74) is 1.38. The van der Waals surface area contributed by atoms with Crippen LogP contribution in [-0.4, -0.2) is 20.4 Å². The molecule has 0 saturated heterocycles. The molecule has 4 N–H and O–H groups in total. The van der Waals surface area contributed by atoms with Gasteiger partial charge in [0.25, 0.3) is 0 Å². The van der Waals surface area contributed by atoms with Gasteiger partial charge in [-0.3, -0.25) is 0 Å². The lowest BCUT2D eigenvalue weighted by Gasteiger charge is -2.13. The van der Waals surface area contributed by atoms with Crippen molar-refractivity contribution < 1.29 is 20.4 Å². The van der Waals surface area contributed by atoms with E-state index >= 15 is 0 Å². The van der Waals surface area contributed by atoms with Crippen molar-refractivity contribution in [2.24, 2.45) is 0 Å². The van der Waals surface area contributed by atoms with Crippen molar-refractivity contribution in [3.8, 4) is 23.0 Å². The number of phenolic OH excluding ortho intramolecular Hbond substituents is 4. The monoisotopic (exact) mass is 544 g/mol. The van der Waals surface area contributed by atoms with Crippen LogP contribution in [0.15, 0.2) is 30.0 Å². The maximum atomic E-state index is 9.69. The Morgan fingerprint density at radius 3 is 1.29 bits per heavy atom. The Morgan fingerprint density at radius 1 is 0.619 bits per heavy atom. The summed E-state index contributed by atoms with van der Waals surface area (Å²) in [6.07, 6.45) is 0.347. The number of hydrogen-bond acceptors (Lipinski definition) is 4. The van der Waals surface area contributed by atoms with E-state index in [1.807, 2.05) is 0 Å². The molecule has 2 rings (SSSR count). The second-order valence-corrected chi connectivity index (χ2v) is 7.41. The molecular formula is C13H8Br4O4. The summed E-state index contributed by atoms with van der Waals surface area (Å²) >= 11 is 13.1. The van der Waals surface area contributed by atoms with Crippen LogP contribution in [0.25, 0.3) is 0 Å². The average Bonchev–Trinajstić information content (AvgIpc) is 2.45. The highest BCUT2D eigenvalue weighted by molar-refractivity contribution is 9.13. The Morgan fingerprint density at radius 2 is 0.952 bits per heavy atom. The van der Waals surface area contributed by atoms with Gasteiger partial charge in [0.05, 0.1) is 8.95 Å². The topological polar surface area (TPSA) is 80.9 Å². The molecule has 0 bridgehead atoms. The zero-order valence-electron chi connectivity index (χ0n) is 10.2. The number of halogens is 4. The van der Waals surface area contributed by atoms with E-state index in [4.69, 9.17) is 0 Å². The van der Waals surface area contributed by atoms with Crippen molar-refractivity contribution in [2.45, 2.75) is 6.42 Å². The van der Waals surface area contributed by atoms with Gasteiger partial charge in [-0.25, -0.2) is 0 Å². The summed E-state index contributed by atoms with van der Waals surface area (Å²) in [6.45, 7) is 0. The van der Waals surface area contributed by atoms with E-state index in [0.717, 1.165) is 0 Å². The smallest absolute Gasteiger partial charge is 0.173 e. The van der Waals surface area contributed by atoms with Gasteiger partial charge in [0.15, 0.2) is 23.0 Å². The van der Waals surface area contributed by atoms with Gasteiger partial charge in [0.1, 0.15) is 0 Å². The summed E-state index contributed by atoms with van der Waals surface area (Å²) < 4.78 is 1.87.